The van der Waals surface area contributed by atoms with Crippen LogP contribution in [0.3, 0.4) is 0 Å². The number of halogens is 1. The Morgan fingerprint density at radius 2 is 2.16 bits per heavy atom. The van der Waals surface area contributed by atoms with E-state index in [1.807, 2.05) is 6.92 Å². The van der Waals surface area contributed by atoms with Crippen molar-refractivity contribution in [3.05, 3.63) is 29.3 Å². The van der Waals surface area contributed by atoms with Gasteiger partial charge in [0.05, 0.1) is 13.2 Å². The van der Waals surface area contributed by atoms with Crippen molar-refractivity contribution in [1.29, 1.82) is 0 Å². The average molecular weight is 461 g/mol. The number of ether oxygens (including phenoxy) is 2. The van der Waals surface area contributed by atoms with Gasteiger partial charge in [-0.2, -0.15) is 0 Å². The van der Waals surface area contributed by atoms with Gasteiger partial charge >= 0.3 is 0 Å². The van der Waals surface area contributed by atoms with Crippen LogP contribution in [0, 0.1) is 12.8 Å². The first-order valence-corrected chi connectivity index (χ1v) is 8.95. The van der Waals surface area contributed by atoms with Crippen molar-refractivity contribution in [2.75, 3.05) is 32.9 Å². The Bertz CT molecular complexity index is 551. The van der Waals surface area contributed by atoms with Crippen molar-refractivity contribution in [2.45, 2.75) is 40.2 Å². The number of nitrogens with two attached hydrogens (primary N) is 1. The van der Waals surface area contributed by atoms with Crippen molar-refractivity contribution in [1.82, 2.24) is 4.90 Å². The minimum absolute atomic E-state index is 0. The van der Waals surface area contributed by atoms with E-state index in [4.69, 9.17) is 15.2 Å². The van der Waals surface area contributed by atoms with Crippen LogP contribution in [0.15, 0.2) is 23.2 Å². The molecule has 142 valence electrons. The lowest BCUT2D eigenvalue weighted by Crippen LogP contribution is -2.43. The standard InChI is InChI=1S/C19H31N3O2.HI/c1-4-23-10-11-24-18-12-15(2)7-8-17(18)13-21-19(20)22-9-5-6-16(3)14-22;/h7-8,12,16H,4-6,9-11,13-14H2,1-3H3,(H2,20,21);1H. The summed E-state index contributed by atoms with van der Waals surface area (Å²) in [4.78, 5) is 6.79. The van der Waals surface area contributed by atoms with Gasteiger partial charge in [0.15, 0.2) is 5.96 Å². The molecule has 2 rings (SSSR count). The van der Waals surface area contributed by atoms with Gasteiger partial charge in [-0.25, -0.2) is 4.99 Å². The predicted octanol–water partition coefficient (Wildman–Crippen LogP) is 3.57. The summed E-state index contributed by atoms with van der Waals surface area (Å²) in [6.45, 7) is 10.7. The molecule has 1 heterocycles. The fourth-order valence-electron chi connectivity index (χ4n) is 2.95. The minimum Gasteiger partial charge on any atom is -0.491 e. The van der Waals surface area contributed by atoms with E-state index >= 15 is 0 Å². The third kappa shape index (κ3) is 7.40. The van der Waals surface area contributed by atoms with Crippen LogP contribution in [0.5, 0.6) is 5.75 Å². The quantitative estimate of drug-likeness (QED) is 0.292. The average Bonchev–Trinajstić information content (AvgIpc) is 2.57. The molecule has 1 aliphatic rings. The van der Waals surface area contributed by atoms with Crippen LogP contribution in [-0.4, -0.2) is 43.8 Å². The number of piperidine rings is 1. The van der Waals surface area contributed by atoms with Crippen LogP contribution in [0.1, 0.15) is 37.8 Å². The zero-order chi connectivity index (χ0) is 17.4. The van der Waals surface area contributed by atoms with E-state index in [2.05, 4.69) is 41.9 Å². The number of hydrogen-bond donors (Lipinski definition) is 1. The number of likely N-dealkylation sites (tertiary alicyclic amines) is 1. The Morgan fingerprint density at radius 1 is 1.36 bits per heavy atom. The van der Waals surface area contributed by atoms with Gasteiger partial charge in [0.25, 0.3) is 0 Å². The van der Waals surface area contributed by atoms with Gasteiger partial charge in [-0.1, -0.05) is 19.1 Å². The summed E-state index contributed by atoms with van der Waals surface area (Å²) in [5, 5.41) is 0. The molecular formula is C19H32IN3O2. The van der Waals surface area contributed by atoms with Crippen LogP contribution in [0.25, 0.3) is 0 Å². The number of rotatable bonds is 7. The highest BCUT2D eigenvalue weighted by molar-refractivity contribution is 14.0. The molecule has 2 N–H and O–H groups in total. The molecule has 25 heavy (non-hydrogen) atoms. The van der Waals surface area contributed by atoms with E-state index in [-0.39, 0.29) is 24.0 Å². The second-order valence-electron chi connectivity index (χ2n) is 6.52. The lowest BCUT2D eigenvalue weighted by atomic mass is 10.0. The number of hydrogen-bond acceptors (Lipinski definition) is 3. The van der Waals surface area contributed by atoms with Crippen molar-refractivity contribution < 1.29 is 9.47 Å². The van der Waals surface area contributed by atoms with Crippen LogP contribution in [-0.2, 0) is 11.3 Å². The molecule has 0 bridgehead atoms. The molecule has 1 unspecified atom stereocenters. The first-order chi connectivity index (χ1) is 11.6. The molecule has 0 amide bonds. The van der Waals surface area contributed by atoms with Gasteiger partial charge in [0.1, 0.15) is 12.4 Å². The van der Waals surface area contributed by atoms with Gasteiger partial charge in [0, 0.05) is 25.3 Å². The van der Waals surface area contributed by atoms with Crippen molar-refractivity contribution in [3.8, 4) is 5.75 Å². The first-order valence-electron chi connectivity index (χ1n) is 8.95. The normalized spacial score (nSPS) is 18.0. The topological polar surface area (TPSA) is 60.1 Å². The van der Waals surface area contributed by atoms with Crippen LogP contribution < -0.4 is 10.5 Å². The molecule has 6 heteroatoms. The molecule has 0 spiro atoms. The molecular weight excluding hydrogens is 429 g/mol. The molecule has 0 aromatic heterocycles. The van der Waals surface area contributed by atoms with Gasteiger partial charge in [-0.15, -0.1) is 24.0 Å². The Kier molecular flexibility index (Phi) is 10.2. The summed E-state index contributed by atoms with van der Waals surface area (Å²) >= 11 is 0. The minimum atomic E-state index is 0. The molecule has 1 atom stereocenters. The second kappa shape index (κ2) is 11.6. The number of aliphatic imine (C=N–C) groups is 1. The number of nitrogens with zero attached hydrogens (tertiary/aromatic N) is 2. The number of benzene rings is 1. The zero-order valence-corrected chi connectivity index (χ0v) is 18.0. The smallest absolute Gasteiger partial charge is 0.191 e. The van der Waals surface area contributed by atoms with E-state index in [9.17, 15) is 0 Å². The molecule has 1 saturated heterocycles. The summed E-state index contributed by atoms with van der Waals surface area (Å²) in [6.07, 6.45) is 2.47. The SMILES string of the molecule is CCOCCOc1cc(C)ccc1CN=C(N)N1CCCC(C)C1.I. The Labute approximate surface area is 169 Å². The molecule has 1 aromatic rings. The fourth-order valence-corrected chi connectivity index (χ4v) is 2.95. The van der Waals surface area contributed by atoms with Crippen molar-refractivity contribution in [2.24, 2.45) is 16.6 Å². The summed E-state index contributed by atoms with van der Waals surface area (Å²) in [6, 6.07) is 6.20. The van der Waals surface area contributed by atoms with E-state index < -0.39 is 0 Å². The molecule has 5 nitrogen and oxygen atoms in total. The first kappa shape index (κ1) is 22.0. The lowest BCUT2D eigenvalue weighted by molar-refractivity contribution is 0.110. The third-order valence-corrected chi connectivity index (χ3v) is 4.30. The maximum absolute atomic E-state index is 6.19. The largest absolute Gasteiger partial charge is 0.491 e. The molecule has 1 fully saturated rings. The molecule has 0 radical (unpaired) electrons. The second-order valence-corrected chi connectivity index (χ2v) is 6.52. The predicted molar refractivity (Wildman–Crippen MR) is 114 cm³/mol. The Hall–Kier alpha value is -1.02. The number of guanidine groups is 1. The molecule has 1 aromatic carbocycles. The van der Waals surface area contributed by atoms with Gasteiger partial charge in [0.2, 0.25) is 0 Å². The van der Waals surface area contributed by atoms with Gasteiger partial charge in [-0.3, -0.25) is 0 Å². The lowest BCUT2D eigenvalue weighted by Gasteiger charge is -2.31. The maximum atomic E-state index is 6.19. The van der Waals surface area contributed by atoms with Crippen molar-refractivity contribution in [3.63, 3.8) is 0 Å². The molecule has 1 aliphatic heterocycles. The van der Waals surface area contributed by atoms with Crippen molar-refractivity contribution >= 4 is 29.9 Å². The van der Waals surface area contributed by atoms with Crippen LogP contribution >= 0.6 is 24.0 Å². The highest BCUT2D eigenvalue weighted by atomic mass is 127. The van der Waals surface area contributed by atoms with Gasteiger partial charge < -0.3 is 20.1 Å². The summed E-state index contributed by atoms with van der Waals surface area (Å²) in [5.41, 5.74) is 8.43. The van der Waals surface area contributed by atoms with E-state index in [1.165, 1.54) is 18.4 Å². The summed E-state index contributed by atoms with van der Waals surface area (Å²) in [7, 11) is 0. The highest BCUT2D eigenvalue weighted by Crippen LogP contribution is 2.22. The number of aryl methyl sites for hydroxylation is 1. The molecule has 0 saturated carbocycles. The van der Waals surface area contributed by atoms with Crippen LogP contribution in [0.4, 0.5) is 0 Å². The van der Waals surface area contributed by atoms with E-state index in [0.717, 1.165) is 24.4 Å². The molecule has 0 aliphatic carbocycles. The maximum Gasteiger partial charge on any atom is 0.191 e. The monoisotopic (exact) mass is 461 g/mol. The van der Waals surface area contributed by atoms with E-state index in [0.29, 0.717) is 38.2 Å². The van der Waals surface area contributed by atoms with E-state index in [1.54, 1.807) is 0 Å². The Balaban J connectivity index is 0.00000312. The Morgan fingerprint density at radius 3 is 2.88 bits per heavy atom. The fraction of sp³-hybridized carbons (Fsp3) is 0.632. The summed E-state index contributed by atoms with van der Waals surface area (Å²) < 4.78 is 11.2. The summed E-state index contributed by atoms with van der Waals surface area (Å²) in [5.74, 6) is 2.20. The van der Waals surface area contributed by atoms with Gasteiger partial charge in [-0.05, 0) is 44.2 Å². The zero-order valence-electron chi connectivity index (χ0n) is 15.7. The highest BCUT2D eigenvalue weighted by Gasteiger charge is 2.17. The third-order valence-electron chi connectivity index (χ3n) is 4.30. The van der Waals surface area contributed by atoms with Crippen LogP contribution in [0.2, 0.25) is 0 Å².